The van der Waals surface area contributed by atoms with E-state index >= 15 is 0 Å². The van der Waals surface area contributed by atoms with Gasteiger partial charge in [-0.2, -0.15) is 0 Å². The van der Waals surface area contributed by atoms with Crippen LogP contribution in [0.2, 0.25) is 0 Å². The summed E-state index contributed by atoms with van der Waals surface area (Å²) in [6.45, 7) is 1.94. The van der Waals surface area contributed by atoms with Gasteiger partial charge in [0.05, 0.1) is 12.8 Å². The van der Waals surface area contributed by atoms with Crippen LogP contribution in [0, 0.1) is 6.92 Å². The lowest BCUT2D eigenvalue weighted by molar-refractivity contribution is 0.0607. The highest BCUT2D eigenvalue weighted by atomic mass is 32.2. The van der Waals surface area contributed by atoms with Gasteiger partial charge >= 0.3 is 5.97 Å². The Balaban J connectivity index is 2.60. The van der Waals surface area contributed by atoms with Gasteiger partial charge in [0, 0.05) is 15.3 Å². The third-order valence-corrected chi connectivity index (χ3v) is 5.03. The Morgan fingerprint density at radius 2 is 2.05 bits per heavy atom. The summed E-state index contributed by atoms with van der Waals surface area (Å²) in [6, 6.07) is 8.10. The minimum Gasteiger partial charge on any atom is -0.465 e. The van der Waals surface area contributed by atoms with Crippen LogP contribution >= 0.6 is 23.1 Å². The van der Waals surface area contributed by atoms with Gasteiger partial charge in [-0.1, -0.05) is 18.2 Å². The van der Waals surface area contributed by atoms with Crippen molar-refractivity contribution in [2.45, 2.75) is 11.8 Å². The van der Waals surface area contributed by atoms with Gasteiger partial charge in [-0.15, -0.1) is 23.1 Å². The lowest BCUT2D eigenvalue weighted by atomic mass is 10.1. The van der Waals surface area contributed by atoms with Crippen LogP contribution in [0.1, 0.15) is 15.2 Å². The smallest absolute Gasteiger partial charge is 0.350 e. The minimum absolute atomic E-state index is 0.376. The molecule has 0 bridgehead atoms. The second-order valence-electron chi connectivity index (χ2n) is 3.99. The third-order valence-electron chi connectivity index (χ3n) is 2.92. The number of esters is 1. The normalized spacial score (nSPS) is 10.5. The van der Waals surface area contributed by atoms with E-state index in [1.165, 1.54) is 23.3 Å². The van der Waals surface area contributed by atoms with Crippen molar-refractivity contribution in [2.75, 3.05) is 19.1 Å². The number of nitrogens with two attached hydrogens (primary N) is 1. The van der Waals surface area contributed by atoms with E-state index < -0.39 is 0 Å². The molecule has 0 spiro atoms. The number of benzene rings is 1. The van der Waals surface area contributed by atoms with E-state index in [0.29, 0.717) is 10.6 Å². The number of anilines is 1. The fourth-order valence-electron chi connectivity index (χ4n) is 1.86. The molecular formula is C14H15NO2S2. The molecule has 0 fully saturated rings. The van der Waals surface area contributed by atoms with Gasteiger partial charge in [-0.05, 0) is 24.8 Å². The van der Waals surface area contributed by atoms with Crippen molar-refractivity contribution in [3.63, 3.8) is 0 Å². The lowest BCUT2D eigenvalue weighted by Crippen LogP contribution is -2.01. The number of carbonyl (C=O) groups excluding carboxylic acids is 1. The zero-order chi connectivity index (χ0) is 14.0. The molecule has 1 aromatic heterocycles. The average Bonchev–Trinajstić information content (AvgIpc) is 2.74. The Labute approximate surface area is 120 Å². The minimum atomic E-state index is -0.376. The van der Waals surface area contributed by atoms with Gasteiger partial charge < -0.3 is 10.5 Å². The molecule has 1 heterocycles. The predicted molar refractivity (Wildman–Crippen MR) is 82.0 cm³/mol. The van der Waals surface area contributed by atoms with Crippen LogP contribution in [0.3, 0.4) is 0 Å². The van der Waals surface area contributed by atoms with Crippen molar-refractivity contribution >= 4 is 34.8 Å². The zero-order valence-electron chi connectivity index (χ0n) is 11.0. The maximum Gasteiger partial charge on any atom is 0.350 e. The first-order chi connectivity index (χ1) is 9.10. The van der Waals surface area contributed by atoms with Crippen LogP contribution in [0.4, 0.5) is 5.69 Å². The van der Waals surface area contributed by atoms with Crippen molar-refractivity contribution in [2.24, 2.45) is 0 Å². The van der Waals surface area contributed by atoms with E-state index in [1.807, 2.05) is 31.4 Å². The molecule has 0 aliphatic rings. The highest BCUT2D eigenvalue weighted by molar-refractivity contribution is 7.98. The molecule has 2 aromatic rings. The Hall–Kier alpha value is -1.46. The van der Waals surface area contributed by atoms with Crippen molar-refractivity contribution in [3.05, 3.63) is 34.7 Å². The molecule has 2 rings (SSSR count). The summed E-state index contributed by atoms with van der Waals surface area (Å²) in [5.74, 6) is -0.376. The summed E-state index contributed by atoms with van der Waals surface area (Å²) >= 11 is 3.07. The molecule has 0 unspecified atom stereocenters. The summed E-state index contributed by atoms with van der Waals surface area (Å²) in [5.41, 5.74) is 8.58. The molecule has 19 heavy (non-hydrogen) atoms. The monoisotopic (exact) mass is 293 g/mol. The van der Waals surface area contributed by atoms with Crippen molar-refractivity contribution in [3.8, 4) is 10.4 Å². The Bertz CT molecular complexity index is 620. The van der Waals surface area contributed by atoms with E-state index in [2.05, 4.69) is 6.07 Å². The van der Waals surface area contributed by atoms with Crippen LogP contribution in [0.15, 0.2) is 29.2 Å². The van der Waals surface area contributed by atoms with E-state index in [4.69, 9.17) is 10.5 Å². The van der Waals surface area contributed by atoms with E-state index in [1.54, 1.807) is 11.8 Å². The van der Waals surface area contributed by atoms with Crippen molar-refractivity contribution in [1.82, 2.24) is 0 Å². The van der Waals surface area contributed by atoms with Crippen molar-refractivity contribution < 1.29 is 9.53 Å². The van der Waals surface area contributed by atoms with E-state index in [0.717, 1.165) is 16.0 Å². The van der Waals surface area contributed by atoms with Crippen LogP contribution in [0.25, 0.3) is 10.4 Å². The summed E-state index contributed by atoms with van der Waals surface area (Å²) in [6.07, 6.45) is 2.03. The molecule has 0 radical (unpaired) electrons. The second kappa shape index (κ2) is 5.67. The lowest BCUT2D eigenvalue weighted by Gasteiger charge is -2.05. The maximum absolute atomic E-state index is 11.7. The summed E-state index contributed by atoms with van der Waals surface area (Å²) < 4.78 is 4.76. The molecule has 0 saturated carbocycles. The van der Waals surface area contributed by atoms with Crippen LogP contribution < -0.4 is 5.73 Å². The van der Waals surface area contributed by atoms with Crippen LogP contribution in [-0.2, 0) is 4.74 Å². The topological polar surface area (TPSA) is 52.3 Å². The van der Waals surface area contributed by atoms with Gasteiger partial charge in [-0.25, -0.2) is 4.79 Å². The van der Waals surface area contributed by atoms with E-state index in [9.17, 15) is 4.79 Å². The largest absolute Gasteiger partial charge is 0.465 e. The van der Waals surface area contributed by atoms with Crippen LogP contribution in [0.5, 0.6) is 0 Å². The van der Waals surface area contributed by atoms with Gasteiger partial charge in [0.1, 0.15) is 4.88 Å². The molecule has 1 aromatic carbocycles. The molecule has 0 saturated heterocycles. The SMILES string of the molecule is COC(=O)c1sc(-c2ccccc2SC)c(C)c1N. The molecular weight excluding hydrogens is 278 g/mol. The summed E-state index contributed by atoms with van der Waals surface area (Å²) in [5, 5.41) is 0. The Morgan fingerprint density at radius 3 is 2.68 bits per heavy atom. The number of rotatable bonds is 3. The van der Waals surface area contributed by atoms with Crippen LogP contribution in [-0.4, -0.2) is 19.3 Å². The number of methoxy groups -OCH3 is 1. The fourth-order valence-corrected chi connectivity index (χ4v) is 3.71. The molecule has 0 aliphatic heterocycles. The number of ether oxygens (including phenoxy) is 1. The standard InChI is InChI=1S/C14H15NO2S2/c1-8-11(15)13(14(16)17-2)19-12(8)9-6-4-5-7-10(9)18-3/h4-7H,15H2,1-3H3. The van der Waals surface area contributed by atoms with Gasteiger partial charge in [0.15, 0.2) is 0 Å². The third kappa shape index (κ3) is 2.48. The van der Waals surface area contributed by atoms with Gasteiger partial charge in [0.25, 0.3) is 0 Å². The molecule has 0 amide bonds. The highest BCUT2D eigenvalue weighted by Gasteiger charge is 2.20. The number of hydrogen-bond donors (Lipinski definition) is 1. The number of nitrogen functional groups attached to an aromatic ring is 1. The summed E-state index contributed by atoms with van der Waals surface area (Å²) in [4.78, 5) is 14.4. The maximum atomic E-state index is 11.7. The highest BCUT2D eigenvalue weighted by Crippen LogP contribution is 2.41. The molecule has 100 valence electrons. The number of carbonyl (C=O) groups is 1. The quantitative estimate of drug-likeness (QED) is 0.690. The van der Waals surface area contributed by atoms with Gasteiger partial charge in [0.2, 0.25) is 0 Å². The summed E-state index contributed by atoms with van der Waals surface area (Å²) in [7, 11) is 1.37. The number of thioether (sulfide) groups is 1. The molecule has 2 N–H and O–H groups in total. The molecule has 5 heteroatoms. The van der Waals surface area contributed by atoms with Crippen molar-refractivity contribution in [1.29, 1.82) is 0 Å². The molecule has 0 atom stereocenters. The second-order valence-corrected chi connectivity index (χ2v) is 5.86. The molecule has 3 nitrogen and oxygen atoms in total. The first-order valence-corrected chi connectivity index (χ1v) is 7.74. The predicted octanol–water partition coefficient (Wildman–Crippen LogP) is 3.81. The first-order valence-electron chi connectivity index (χ1n) is 5.70. The van der Waals surface area contributed by atoms with Gasteiger partial charge in [-0.3, -0.25) is 0 Å². The van der Waals surface area contributed by atoms with E-state index in [-0.39, 0.29) is 5.97 Å². The average molecular weight is 293 g/mol. The Kier molecular flexibility index (Phi) is 4.17. The number of hydrogen-bond acceptors (Lipinski definition) is 5. The molecule has 0 aliphatic carbocycles. The first kappa shape index (κ1) is 14.0. The Morgan fingerprint density at radius 1 is 1.37 bits per heavy atom. The zero-order valence-corrected chi connectivity index (χ0v) is 12.7. The number of thiophene rings is 1. The fraction of sp³-hybridized carbons (Fsp3) is 0.214.